The van der Waals surface area contributed by atoms with Crippen LogP contribution in [-0.2, 0) is 0 Å². The van der Waals surface area contributed by atoms with Crippen molar-refractivity contribution in [2.45, 2.75) is 0 Å². The molecule has 0 saturated heterocycles. The summed E-state index contributed by atoms with van der Waals surface area (Å²) in [6, 6.07) is 11.9. The van der Waals surface area contributed by atoms with Crippen LogP contribution in [-0.4, -0.2) is 7.11 Å². The largest absolute Gasteiger partial charge is 0.497 e. The van der Waals surface area contributed by atoms with E-state index in [-0.39, 0.29) is 0 Å². The van der Waals surface area contributed by atoms with Gasteiger partial charge in [-0.05, 0) is 24.3 Å². The first-order chi connectivity index (χ1) is 9.13. The van der Waals surface area contributed by atoms with Crippen molar-refractivity contribution in [2.75, 3.05) is 7.11 Å². The molecule has 0 amide bonds. The number of halogens is 2. The van der Waals surface area contributed by atoms with Crippen molar-refractivity contribution >= 4 is 23.2 Å². The molecule has 2 aromatic rings. The number of nitrogens with zero attached hydrogens (tertiary/aromatic N) is 1. The Bertz CT molecular complexity index is 650. The van der Waals surface area contributed by atoms with E-state index in [1.807, 2.05) is 6.07 Å². The molecule has 0 aliphatic rings. The van der Waals surface area contributed by atoms with E-state index in [9.17, 15) is 0 Å². The van der Waals surface area contributed by atoms with E-state index in [4.69, 9.17) is 37.9 Å². The third-order valence-corrected chi connectivity index (χ3v) is 3.04. The highest BCUT2D eigenvalue weighted by Gasteiger charge is 2.07. The maximum absolute atomic E-state index is 8.79. The molecule has 0 aliphatic heterocycles. The molecule has 5 heteroatoms. The number of benzene rings is 2. The fraction of sp³-hybridized carbons (Fsp3) is 0.0714. The van der Waals surface area contributed by atoms with Crippen LogP contribution in [0.15, 0.2) is 36.4 Å². The minimum Gasteiger partial charge on any atom is -0.497 e. The van der Waals surface area contributed by atoms with E-state index in [2.05, 4.69) is 0 Å². The van der Waals surface area contributed by atoms with Gasteiger partial charge in [0.05, 0.1) is 22.7 Å². The van der Waals surface area contributed by atoms with Gasteiger partial charge < -0.3 is 9.47 Å². The van der Waals surface area contributed by atoms with Gasteiger partial charge in [-0.15, -0.1) is 0 Å². The highest BCUT2D eigenvalue weighted by molar-refractivity contribution is 6.32. The maximum atomic E-state index is 8.79. The zero-order chi connectivity index (χ0) is 13.8. The van der Waals surface area contributed by atoms with E-state index in [1.165, 1.54) is 0 Å². The first-order valence-corrected chi connectivity index (χ1v) is 6.10. The lowest BCUT2D eigenvalue weighted by atomic mass is 10.2. The average molecular weight is 294 g/mol. The van der Waals surface area contributed by atoms with Crippen LogP contribution in [0.4, 0.5) is 0 Å². The quantitative estimate of drug-likeness (QED) is 0.826. The molecule has 0 saturated carbocycles. The molecule has 0 unspecified atom stereocenters. The Labute approximate surface area is 120 Å². The second kappa shape index (κ2) is 5.83. The number of hydrogen-bond donors (Lipinski definition) is 0. The molecule has 0 atom stereocenters. The van der Waals surface area contributed by atoms with Crippen molar-refractivity contribution in [2.24, 2.45) is 0 Å². The summed E-state index contributed by atoms with van der Waals surface area (Å²) >= 11 is 12.0. The van der Waals surface area contributed by atoms with E-state index < -0.39 is 0 Å². The van der Waals surface area contributed by atoms with Crippen molar-refractivity contribution in [3.63, 3.8) is 0 Å². The Hall–Kier alpha value is -1.89. The van der Waals surface area contributed by atoms with Gasteiger partial charge >= 0.3 is 0 Å². The number of ether oxygens (including phenoxy) is 2. The Kier molecular flexibility index (Phi) is 4.16. The Morgan fingerprint density at radius 2 is 1.68 bits per heavy atom. The maximum Gasteiger partial charge on any atom is 0.146 e. The van der Waals surface area contributed by atoms with Gasteiger partial charge in [0.2, 0.25) is 0 Å². The van der Waals surface area contributed by atoms with E-state index >= 15 is 0 Å². The zero-order valence-corrected chi connectivity index (χ0v) is 11.5. The van der Waals surface area contributed by atoms with Gasteiger partial charge in [-0.1, -0.05) is 23.2 Å². The van der Waals surface area contributed by atoms with Crippen LogP contribution in [0.3, 0.4) is 0 Å². The van der Waals surface area contributed by atoms with Gasteiger partial charge in [-0.3, -0.25) is 0 Å². The minimum absolute atomic E-state index is 0.338. The van der Waals surface area contributed by atoms with Crippen LogP contribution in [0.25, 0.3) is 0 Å². The van der Waals surface area contributed by atoms with Gasteiger partial charge in [0, 0.05) is 12.1 Å². The number of nitriles is 1. The monoisotopic (exact) mass is 293 g/mol. The lowest BCUT2D eigenvalue weighted by Crippen LogP contribution is -1.88. The summed E-state index contributed by atoms with van der Waals surface area (Å²) in [6.07, 6.45) is 0. The van der Waals surface area contributed by atoms with Gasteiger partial charge in [0.1, 0.15) is 23.3 Å². The summed E-state index contributed by atoms with van der Waals surface area (Å²) < 4.78 is 10.7. The van der Waals surface area contributed by atoms with Crippen LogP contribution in [0.2, 0.25) is 10.0 Å². The molecule has 0 aromatic heterocycles. The highest BCUT2D eigenvalue weighted by Crippen LogP contribution is 2.33. The van der Waals surface area contributed by atoms with Crippen molar-refractivity contribution < 1.29 is 9.47 Å². The van der Waals surface area contributed by atoms with Crippen LogP contribution in [0.5, 0.6) is 17.2 Å². The van der Waals surface area contributed by atoms with E-state index in [1.54, 1.807) is 43.5 Å². The summed E-state index contributed by atoms with van der Waals surface area (Å²) in [5.41, 5.74) is 0.398. The van der Waals surface area contributed by atoms with Gasteiger partial charge in [0.25, 0.3) is 0 Å². The first kappa shape index (κ1) is 13.5. The van der Waals surface area contributed by atoms with Crippen LogP contribution in [0.1, 0.15) is 5.56 Å². The normalized spacial score (nSPS) is 9.79. The molecule has 0 aliphatic carbocycles. The van der Waals surface area contributed by atoms with Crippen molar-refractivity contribution in [3.05, 3.63) is 52.0 Å². The molecule has 2 rings (SSSR count). The lowest BCUT2D eigenvalue weighted by Gasteiger charge is -2.09. The van der Waals surface area contributed by atoms with Crippen molar-refractivity contribution in [3.8, 4) is 23.3 Å². The molecule has 0 N–H and O–H groups in total. The zero-order valence-electron chi connectivity index (χ0n) is 9.98. The molecule has 2 aromatic carbocycles. The predicted octanol–water partition coefficient (Wildman–Crippen LogP) is 4.67. The van der Waals surface area contributed by atoms with Gasteiger partial charge in [0.15, 0.2) is 0 Å². The average Bonchev–Trinajstić information content (AvgIpc) is 2.41. The summed E-state index contributed by atoms with van der Waals surface area (Å²) in [5.74, 6) is 1.65. The van der Waals surface area contributed by atoms with Gasteiger partial charge in [-0.2, -0.15) is 5.26 Å². The third kappa shape index (κ3) is 3.11. The Morgan fingerprint density at radius 1 is 1.00 bits per heavy atom. The smallest absolute Gasteiger partial charge is 0.146 e. The summed E-state index contributed by atoms with van der Waals surface area (Å²) in [4.78, 5) is 0. The highest BCUT2D eigenvalue weighted by atomic mass is 35.5. The standard InChI is InChI=1S/C14H9Cl2NO2/c1-18-10-4-5-14(13(16)6-10)19-11-3-2-9(8-17)12(15)7-11/h2-7H,1H3. The number of hydrogen-bond acceptors (Lipinski definition) is 3. The van der Waals surface area contributed by atoms with E-state index in [0.717, 1.165) is 0 Å². The van der Waals surface area contributed by atoms with Crippen LogP contribution < -0.4 is 9.47 Å². The van der Waals surface area contributed by atoms with Crippen molar-refractivity contribution in [1.29, 1.82) is 5.26 Å². The predicted molar refractivity (Wildman–Crippen MR) is 74.2 cm³/mol. The van der Waals surface area contributed by atoms with E-state index in [0.29, 0.717) is 32.9 Å². The molecule has 0 fully saturated rings. The molecule has 0 spiro atoms. The third-order valence-electron chi connectivity index (χ3n) is 2.43. The molecule has 0 bridgehead atoms. The minimum atomic E-state index is 0.338. The molecular weight excluding hydrogens is 285 g/mol. The number of rotatable bonds is 3. The molecule has 96 valence electrons. The molecule has 19 heavy (non-hydrogen) atoms. The fourth-order valence-electron chi connectivity index (χ4n) is 1.47. The lowest BCUT2D eigenvalue weighted by molar-refractivity contribution is 0.413. The van der Waals surface area contributed by atoms with Crippen LogP contribution >= 0.6 is 23.2 Å². The topological polar surface area (TPSA) is 42.2 Å². The number of methoxy groups -OCH3 is 1. The first-order valence-electron chi connectivity index (χ1n) is 5.35. The molecule has 0 heterocycles. The molecular formula is C14H9Cl2NO2. The fourth-order valence-corrected chi connectivity index (χ4v) is 1.89. The Balaban J connectivity index is 2.26. The summed E-state index contributed by atoms with van der Waals surface area (Å²) in [6.45, 7) is 0. The SMILES string of the molecule is COc1ccc(Oc2ccc(C#N)c(Cl)c2)c(Cl)c1. The van der Waals surface area contributed by atoms with Crippen molar-refractivity contribution in [1.82, 2.24) is 0 Å². The summed E-state index contributed by atoms with van der Waals surface area (Å²) in [7, 11) is 1.56. The Morgan fingerprint density at radius 3 is 2.26 bits per heavy atom. The van der Waals surface area contributed by atoms with Crippen LogP contribution in [0, 0.1) is 11.3 Å². The molecule has 0 radical (unpaired) electrons. The molecule has 3 nitrogen and oxygen atoms in total. The van der Waals surface area contributed by atoms with Gasteiger partial charge in [-0.25, -0.2) is 0 Å². The second-order valence-corrected chi connectivity index (χ2v) is 4.47. The second-order valence-electron chi connectivity index (χ2n) is 3.65. The summed E-state index contributed by atoms with van der Waals surface area (Å²) in [5, 5.41) is 9.56.